The summed E-state index contributed by atoms with van der Waals surface area (Å²) in [4.78, 5) is 11.0. The van der Waals surface area contributed by atoms with Gasteiger partial charge in [-0.05, 0) is 34.6 Å². The topological polar surface area (TPSA) is 58.6 Å². The van der Waals surface area contributed by atoms with E-state index in [-0.39, 0.29) is 18.8 Å². The minimum absolute atomic E-state index is 0.0441. The molecule has 0 aliphatic carbocycles. The lowest BCUT2D eigenvalue weighted by atomic mass is 10.0. The number of carboxylic acid groups (broad SMARTS) is 1. The molecule has 4 nitrogen and oxygen atoms in total. The van der Waals surface area contributed by atoms with E-state index >= 15 is 0 Å². The van der Waals surface area contributed by atoms with Gasteiger partial charge in [0.05, 0.1) is 12.7 Å². The summed E-state index contributed by atoms with van der Waals surface area (Å²) in [6.07, 6.45) is 0.0441. The zero-order valence-corrected chi connectivity index (χ0v) is 9.63. The van der Waals surface area contributed by atoms with Crippen LogP contribution in [0.3, 0.4) is 0 Å². The van der Waals surface area contributed by atoms with E-state index in [2.05, 4.69) is 5.32 Å². The molecule has 0 amide bonds. The Hall–Kier alpha value is -0.610. The van der Waals surface area contributed by atoms with Crippen LogP contribution in [-0.4, -0.2) is 35.4 Å². The number of nitrogens with one attached hydrogen (secondary N) is 1. The number of carboxylic acids is 1. The van der Waals surface area contributed by atoms with E-state index in [1.165, 1.54) is 0 Å². The Morgan fingerprint density at radius 3 is 2.21 bits per heavy atom. The van der Waals surface area contributed by atoms with Crippen molar-refractivity contribution in [3.8, 4) is 0 Å². The van der Waals surface area contributed by atoms with Gasteiger partial charge in [-0.15, -0.1) is 0 Å². The smallest absolute Gasteiger partial charge is 0.326 e. The Balaban J connectivity index is 4.32. The van der Waals surface area contributed by atoms with Crippen molar-refractivity contribution in [3.05, 3.63) is 0 Å². The van der Waals surface area contributed by atoms with Gasteiger partial charge < -0.3 is 9.84 Å². The molecule has 1 unspecified atom stereocenters. The van der Waals surface area contributed by atoms with E-state index in [0.29, 0.717) is 0 Å². The zero-order chi connectivity index (χ0) is 11.4. The quantitative estimate of drug-likeness (QED) is 0.682. The number of hydrogen-bond donors (Lipinski definition) is 2. The summed E-state index contributed by atoms with van der Waals surface area (Å²) in [5, 5.41) is 12.0. The molecule has 1 atom stereocenters. The van der Waals surface area contributed by atoms with Gasteiger partial charge in [-0.2, -0.15) is 0 Å². The van der Waals surface area contributed by atoms with Crippen LogP contribution in [0, 0.1) is 0 Å². The van der Waals surface area contributed by atoms with Crippen LogP contribution in [0.4, 0.5) is 0 Å². The molecule has 0 aromatic rings. The van der Waals surface area contributed by atoms with E-state index in [4.69, 9.17) is 9.84 Å². The fraction of sp³-hybridized carbons (Fsp3) is 0.900. The Morgan fingerprint density at radius 1 is 1.43 bits per heavy atom. The molecule has 0 radical (unpaired) electrons. The number of carbonyl (C=O) groups is 1. The molecule has 0 aliphatic heterocycles. The van der Waals surface area contributed by atoms with Gasteiger partial charge in [0, 0.05) is 6.04 Å². The first-order valence-corrected chi connectivity index (χ1v) is 4.90. The van der Waals surface area contributed by atoms with Crippen LogP contribution in [-0.2, 0) is 9.53 Å². The lowest BCUT2D eigenvalue weighted by Crippen LogP contribution is -2.55. The van der Waals surface area contributed by atoms with E-state index in [9.17, 15) is 4.79 Å². The summed E-state index contributed by atoms with van der Waals surface area (Å²) in [7, 11) is 0. The van der Waals surface area contributed by atoms with E-state index in [0.717, 1.165) is 0 Å². The third-order valence-corrected chi connectivity index (χ3v) is 1.78. The monoisotopic (exact) mass is 203 g/mol. The van der Waals surface area contributed by atoms with Crippen molar-refractivity contribution in [1.82, 2.24) is 5.32 Å². The average Bonchev–Trinajstić information content (AvgIpc) is 1.99. The van der Waals surface area contributed by atoms with Gasteiger partial charge in [0.15, 0.2) is 0 Å². The molecule has 0 bridgehead atoms. The van der Waals surface area contributed by atoms with Crippen LogP contribution in [0.1, 0.15) is 34.6 Å². The van der Waals surface area contributed by atoms with Crippen LogP contribution in [0.2, 0.25) is 0 Å². The van der Waals surface area contributed by atoms with Crippen molar-refractivity contribution in [3.63, 3.8) is 0 Å². The summed E-state index contributed by atoms with van der Waals surface area (Å²) >= 11 is 0. The maximum atomic E-state index is 11.0. The molecular weight excluding hydrogens is 182 g/mol. The highest BCUT2D eigenvalue weighted by Gasteiger charge is 2.34. The average molecular weight is 203 g/mol. The summed E-state index contributed by atoms with van der Waals surface area (Å²) in [5.41, 5.74) is -1.00. The van der Waals surface area contributed by atoms with Gasteiger partial charge in [0.2, 0.25) is 0 Å². The first-order chi connectivity index (χ1) is 6.28. The molecule has 2 N–H and O–H groups in total. The van der Waals surface area contributed by atoms with Crippen molar-refractivity contribution >= 4 is 5.97 Å². The molecule has 14 heavy (non-hydrogen) atoms. The zero-order valence-electron chi connectivity index (χ0n) is 9.63. The molecule has 0 saturated heterocycles. The lowest BCUT2D eigenvalue weighted by Gasteiger charge is -2.29. The Morgan fingerprint density at radius 2 is 1.93 bits per heavy atom. The molecule has 0 fully saturated rings. The van der Waals surface area contributed by atoms with E-state index in [1.807, 2.05) is 27.7 Å². The van der Waals surface area contributed by atoms with Crippen LogP contribution in [0.25, 0.3) is 0 Å². The molecule has 0 aromatic carbocycles. The molecule has 0 rings (SSSR count). The summed E-state index contributed by atoms with van der Waals surface area (Å²) in [6.45, 7) is 9.41. The highest BCUT2D eigenvalue weighted by molar-refractivity contribution is 5.78. The van der Waals surface area contributed by atoms with Crippen molar-refractivity contribution < 1.29 is 14.6 Å². The third-order valence-electron chi connectivity index (χ3n) is 1.78. The number of hydrogen-bond acceptors (Lipinski definition) is 3. The van der Waals surface area contributed by atoms with Gasteiger partial charge >= 0.3 is 5.97 Å². The van der Waals surface area contributed by atoms with Crippen LogP contribution in [0.5, 0.6) is 0 Å². The Kier molecular flexibility index (Phi) is 5.08. The number of ether oxygens (including phenoxy) is 1. The highest BCUT2D eigenvalue weighted by atomic mass is 16.5. The normalized spacial score (nSPS) is 15.9. The van der Waals surface area contributed by atoms with Crippen molar-refractivity contribution in [2.75, 3.05) is 6.61 Å². The van der Waals surface area contributed by atoms with Crippen molar-refractivity contribution in [1.29, 1.82) is 0 Å². The van der Waals surface area contributed by atoms with Crippen LogP contribution < -0.4 is 5.32 Å². The molecule has 0 heterocycles. The predicted molar refractivity (Wildman–Crippen MR) is 55.4 cm³/mol. The van der Waals surface area contributed by atoms with E-state index < -0.39 is 11.5 Å². The maximum absolute atomic E-state index is 11.0. The maximum Gasteiger partial charge on any atom is 0.326 e. The van der Waals surface area contributed by atoms with Crippen LogP contribution in [0.15, 0.2) is 0 Å². The highest BCUT2D eigenvalue weighted by Crippen LogP contribution is 2.08. The Labute approximate surface area is 85.6 Å². The number of rotatable bonds is 6. The minimum atomic E-state index is -1.00. The summed E-state index contributed by atoms with van der Waals surface area (Å²) in [6, 6.07) is 0.117. The fourth-order valence-electron chi connectivity index (χ4n) is 1.14. The minimum Gasteiger partial charge on any atom is -0.480 e. The molecule has 0 saturated carbocycles. The summed E-state index contributed by atoms with van der Waals surface area (Å²) in [5.74, 6) is -0.883. The first kappa shape index (κ1) is 13.4. The standard InChI is InChI=1S/C10H21NO3/c1-7(2)11-10(5,9(12)13)6-14-8(3)4/h7-8,11H,6H2,1-5H3,(H,12,13). The van der Waals surface area contributed by atoms with Gasteiger partial charge in [0.1, 0.15) is 5.54 Å². The second kappa shape index (κ2) is 5.32. The second-order valence-corrected chi connectivity index (χ2v) is 4.30. The first-order valence-electron chi connectivity index (χ1n) is 4.90. The fourth-order valence-corrected chi connectivity index (χ4v) is 1.14. The second-order valence-electron chi connectivity index (χ2n) is 4.30. The van der Waals surface area contributed by atoms with Crippen molar-refractivity contribution in [2.24, 2.45) is 0 Å². The van der Waals surface area contributed by atoms with Gasteiger partial charge in [0.25, 0.3) is 0 Å². The van der Waals surface area contributed by atoms with Gasteiger partial charge in [-0.3, -0.25) is 10.1 Å². The number of aliphatic carboxylic acids is 1. The molecule has 0 spiro atoms. The van der Waals surface area contributed by atoms with Gasteiger partial charge in [-0.25, -0.2) is 0 Å². The van der Waals surface area contributed by atoms with Crippen molar-refractivity contribution in [2.45, 2.75) is 52.3 Å². The lowest BCUT2D eigenvalue weighted by molar-refractivity contribution is -0.148. The SMILES string of the molecule is CC(C)NC(C)(COC(C)C)C(=O)O. The predicted octanol–water partition coefficient (Wildman–Crippen LogP) is 1.25. The molecular formula is C10H21NO3. The largest absolute Gasteiger partial charge is 0.480 e. The van der Waals surface area contributed by atoms with Gasteiger partial charge in [-0.1, -0.05) is 0 Å². The molecule has 4 heteroatoms. The Bertz CT molecular complexity index is 192. The van der Waals surface area contributed by atoms with E-state index in [1.54, 1.807) is 6.92 Å². The molecule has 0 aliphatic rings. The summed E-state index contributed by atoms with van der Waals surface area (Å²) < 4.78 is 5.33. The van der Waals surface area contributed by atoms with Crippen LogP contribution >= 0.6 is 0 Å². The molecule has 0 aromatic heterocycles. The third kappa shape index (κ3) is 4.58. The molecule has 84 valence electrons.